The third-order valence-corrected chi connectivity index (χ3v) is 2.91. The van der Waals surface area contributed by atoms with Crippen LogP contribution in [0.25, 0.3) is 0 Å². The lowest BCUT2D eigenvalue weighted by Gasteiger charge is -1.97. The molecule has 0 aliphatic rings. The van der Waals surface area contributed by atoms with E-state index in [2.05, 4.69) is 11.2 Å². The van der Waals surface area contributed by atoms with Crippen LogP contribution in [0.2, 0.25) is 0 Å². The van der Waals surface area contributed by atoms with Crippen molar-refractivity contribution in [1.82, 2.24) is 0 Å². The Labute approximate surface area is 106 Å². The van der Waals surface area contributed by atoms with Crippen molar-refractivity contribution < 1.29 is 4.74 Å². The molecule has 0 bridgehead atoms. The number of rotatable bonds is 2. The molecule has 0 N–H and O–H groups in total. The van der Waals surface area contributed by atoms with Crippen LogP contribution in [0, 0.1) is 11.2 Å². The Balaban J connectivity index is 2.01. The van der Waals surface area contributed by atoms with Crippen molar-refractivity contribution in [2.24, 2.45) is 0 Å². The zero-order chi connectivity index (χ0) is 11.9. The molecule has 0 spiro atoms. The predicted octanol–water partition coefficient (Wildman–Crippen LogP) is 3.80. The number of thioether (sulfide) groups is 1. The van der Waals surface area contributed by atoms with Gasteiger partial charge in [-0.15, -0.1) is 0 Å². The SMILES string of the molecule is COc1ccc(C#CSc2ccccc2)cc1. The Kier molecular flexibility index (Phi) is 4.12. The summed E-state index contributed by atoms with van der Waals surface area (Å²) in [7, 11) is 1.66. The molecule has 2 aromatic rings. The summed E-state index contributed by atoms with van der Waals surface area (Å²) >= 11 is 1.53. The zero-order valence-electron chi connectivity index (χ0n) is 9.51. The lowest BCUT2D eigenvalue weighted by atomic mass is 10.2. The van der Waals surface area contributed by atoms with E-state index >= 15 is 0 Å². The van der Waals surface area contributed by atoms with E-state index in [9.17, 15) is 0 Å². The van der Waals surface area contributed by atoms with Gasteiger partial charge >= 0.3 is 0 Å². The molecule has 84 valence electrons. The fraction of sp³-hybridized carbons (Fsp3) is 0.0667. The van der Waals surface area contributed by atoms with Crippen molar-refractivity contribution in [2.45, 2.75) is 4.90 Å². The molecule has 1 nitrogen and oxygen atoms in total. The summed E-state index contributed by atoms with van der Waals surface area (Å²) in [6.07, 6.45) is 0. The van der Waals surface area contributed by atoms with Crippen LogP contribution in [0.3, 0.4) is 0 Å². The topological polar surface area (TPSA) is 9.23 Å². The Morgan fingerprint density at radius 2 is 1.65 bits per heavy atom. The van der Waals surface area contributed by atoms with E-state index in [0.717, 1.165) is 16.2 Å². The molecule has 0 aliphatic carbocycles. The average Bonchev–Trinajstić information content (AvgIpc) is 2.41. The van der Waals surface area contributed by atoms with Gasteiger partial charge in [-0.1, -0.05) is 24.1 Å². The van der Waals surface area contributed by atoms with Crippen molar-refractivity contribution in [3.8, 4) is 16.9 Å². The van der Waals surface area contributed by atoms with Gasteiger partial charge in [-0.2, -0.15) is 0 Å². The van der Waals surface area contributed by atoms with Gasteiger partial charge in [0.25, 0.3) is 0 Å². The van der Waals surface area contributed by atoms with Crippen LogP contribution in [0.4, 0.5) is 0 Å². The molecule has 0 aliphatic heterocycles. The van der Waals surface area contributed by atoms with Crippen LogP contribution >= 0.6 is 11.8 Å². The summed E-state index contributed by atoms with van der Waals surface area (Å²) in [5.74, 6) is 3.95. The Morgan fingerprint density at radius 3 is 2.29 bits per heavy atom. The quantitative estimate of drug-likeness (QED) is 0.583. The summed E-state index contributed by atoms with van der Waals surface area (Å²) in [6.45, 7) is 0. The predicted molar refractivity (Wildman–Crippen MR) is 72.2 cm³/mol. The van der Waals surface area contributed by atoms with Crippen LogP contribution in [-0.4, -0.2) is 7.11 Å². The van der Waals surface area contributed by atoms with Gasteiger partial charge in [0.1, 0.15) is 5.75 Å². The molecule has 0 aromatic heterocycles. The molecule has 2 rings (SSSR count). The Hall–Kier alpha value is -1.85. The van der Waals surface area contributed by atoms with Crippen molar-refractivity contribution >= 4 is 11.8 Å². The maximum atomic E-state index is 5.09. The van der Waals surface area contributed by atoms with Gasteiger partial charge in [0.05, 0.1) is 7.11 Å². The highest BCUT2D eigenvalue weighted by Crippen LogP contribution is 2.16. The van der Waals surface area contributed by atoms with Crippen molar-refractivity contribution in [2.75, 3.05) is 7.11 Å². The normalized spacial score (nSPS) is 9.24. The number of ether oxygens (including phenoxy) is 1. The molecule has 0 unspecified atom stereocenters. The Morgan fingerprint density at radius 1 is 0.941 bits per heavy atom. The first-order valence-corrected chi connectivity index (χ1v) is 6.07. The lowest BCUT2D eigenvalue weighted by Crippen LogP contribution is -1.81. The summed E-state index contributed by atoms with van der Waals surface area (Å²) in [5, 5.41) is 3.08. The largest absolute Gasteiger partial charge is 0.497 e. The maximum absolute atomic E-state index is 5.09. The molecule has 0 fully saturated rings. The van der Waals surface area contributed by atoms with Crippen molar-refractivity contribution in [1.29, 1.82) is 0 Å². The average molecular weight is 240 g/mol. The van der Waals surface area contributed by atoms with E-state index in [1.165, 1.54) is 11.8 Å². The zero-order valence-corrected chi connectivity index (χ0v) is 10.3. The molecule has 2 aromatic carbocycles. The highest BCUT2D eigenvalue weighted by atomic mass is 32.2. The second-order valence-electron chi connectivity index (χ2n) is 3.37. The minimum Gasteiger partial charge on any atom is -0.497 e. The van der Waals surface area contributed by atoms with Crippen LogP contribution in [-0.2, 0) is 0 Å². The molecule has 0 radical (unpaired) electrons. The molecule has 17 heavy (non-hydrogen) atoms. The van der Waals surface area contributed by atoms with E-state index in [-0.39, 0.29) is 0 Å². The number of hydrogen-bond donors (Lipinski definition) is 0. The first-order valence-electron chi connectivity index (χ1n) is 5.25. The highest BCUT2D eigenvalue weighted by Gasteiger charge is 1.90. The monoisotopic (exact) mass is 240 g/mol. The summed E-state index contributed by atoms with van der Waals surface area (Å²) < 4.78 is 5.09. The summed E-state index contributed by atoms with van der Waals surface area (Å²) in [5.41, 5.74) is 0.995. The smallest absolute Gasteiger partial charge is 0.118 e. The fourth-order valence-corrected chi connectivity index (χ4v) is 1.89. The van der Waals surface area contributed by atoms with E-state index in [1.54, 1.807) is 7.11 Å². The third kappa shape index (κ3) is 3.58. The minimum absolute atomic E-state index is 0.853. The van der Waals surface area contributed by atoms with Crippen LogP contribution in [0.5, 0.6) is 5.75 Å². The fourth-order valence-electron chi connectivity index (χ4n) is 1.31. The van der Waals surface area contributed by atoms with E-state index in [1.807, 2.05) is 54.6 Å². The first-order chi connectivity index (χ1) is 8.38. The van der Waals surface area contributed by atoms with Crippen LogP contribution in [0.1, 0.15) is 5.56 Å². The first kappa shape index (κ1) is 11.6. The van der Waals surface area contributed by atoms with Gasteiger partial charge < -0.3 is 4.74 Å². The molecular weight excluding hydrogens is 228 g/mol. The van der Waals surface area contributed by atoms with Gasteiger partial charge in [-0.25, -0.2) is 0 Å². The maximum Gasteiger partial charge on any atom is 0.118 e. The number of methoxy groups -OCH3 is 1. The summed E-state index contributed by atoms with van der Waals surface area (Å²) in [6, 6.07) is 17.9. The second kappa shape index (κ2) is 6.03. The van der Waals surface area contributed by atoms with E-state index in [4.69, 9.17) is 4.74 Å². The molecule has 0 heterocycles. The van der Waals surface area contributed by atoms with Gasteiger partial charge in [-0.3, -0.25) is 0 Å². The lowest BCUT2D eigenvalue weighted by molar-refractivity contribution is 0.415. The van der Waals surface area contributed by atoms with Gasteiger partial charge in [0.15, 0.2) is 0 Å². The highest BCUT2D eigenvalue weighted by molar-refractivity contribution is 8.03. The van der Waals surface area contributed by atoms with Crippen molar-refractivity contribution in [3.63, 3.8) is 0 Å². The van der Waals surface area contributed by atoms with Crippen LogP contribution < -0.4 is 4.74 Å². The molecule has 0 saturated carbocycles. The van der Waals surface area contributed by atoms with Crippen LogP contribution in [0.15, 0.2) is 59.5 Å². The molecule has 0 saturated heterocycles. The number of hydrogen-bond acceptors (Lipinski definition) is 2. The molecule has 0 atom stereocenters. The van der Waals surface area contributed by atoms with Gasteiger partial charge in [0.2, 0.25) is 0 Å². The van der Waals surface area contributed by atoms with E-state index in [0.29, 0.717) is 0 Å². The Bertz CT molecular complexity index is 520. The molecule has 0 amide bonds. The van der Waals surface area contributed by atoms with E-state index < -0.39 is 0 Å². The standard InChI is InChI=1S/C15H12OS/c1-16-14-9-7-13(8-10-14)11-12-17-15-5-3-2-4-6-15/h2-10H,1H3. The molecular formula is C15H12OS. The second-order valence-corrected chi connectivity index (χ2v) is 4.25. The van der Waals surface area contributed by atoms with Gasteiger partial charge in [-0.05, 0) is 53.4 Å². The third-order valence-electron chi connectivity index (χ3n) is 2.20. The summed E-state index contributed by atoms with van der Waals surface area (Å²) in [4.78, 5) is 1.16. The molecule has 2 heteroatoms. The van der Waals surface area contributed by atoms with Gasteiger partial charge in [0, 0.05) is 10.5 Å². The number of benzene rings is 2. The van der Waals surface area contributed by atoms with Crippen molar-refractivity contribution in [3.05, 3.63) is 60.2 Å². The minimum atomic E-state index is 0.853.